The van der Waals surface area contributed by atoms with Gasteiger partial charge in [0.25, 0.3) is 0 Å². The molecule has 3 heterocycles. The van der Waals surface area contributed by atoms with Crippen LogP contribution in [0.15, 0.2) is 4.99 Å². The molecule has 0 amide bonds. The number of piperidine rings is 1. The molecule has 0 aromatic heterocycles. The van der Waals surface area contributed by atoms with Gasteiger partial charge in [0.2, 0.25) is 0 Å². The van der Waals surface area contributed by atoms with Crippen molar-refractivity contribution in [3.8, 4) is 0 Å². The maximum absolute atomic E-state index is 5.51. The number of nitrogens with one attached hydrogen (secondary N) is 1. The molecule has 0 aromatic rings. The Labute approximate surface area is 183 Å². The lowest BCUT2D eigenvalue weighted by Crippen LogP contribution is -2.47. The van der Waals surface area contributed by atoms with E-state index in [-0.39, 0.29) is 24.0 Å². The average Bonchev–Trinajstić information content (AvgIpc) is 3.16. The topological polar surface area (TPSA) is 43.3 Å². The van der Waals surface area contributed by atoms with E-state index in [0.717, 1.165) is 58.4 Å². The first kappa shape index (κ1) is 23.2. The number of hydrogen-bond donors (Lipinski definition) is 1. The standard InChI is InChI=1S/C20H39N5O.HI/c1-4-21-20(22-14-18-6-5-8-24(15-18)17(2)3)25-9-7-19(16-25)23-10-12-26-13-11-23;/h17-19H,4-16H2,1-3H3,(H,21,22);1H. The second kappa shape index (κ2) is 11.8. The van der Waals surface area contributed by atoms with Crippen LogP contribution in [-0.2, 0) is 4.74 Å². The molecule has 3 aliphatic heterocycles. The van der Waals surface area contributed by atoms with Gasteiger partial charge in [0, 0.05) is 57.9 Å². The zero-order valence-electron chi connectivity index (χ0n) is 17.5. The molecule has 6 nitrogen and oxygen atoms in total. The van der Waals surface area contributed by atoms with Gasteiger partial charge < -0.3 is 19.9 Å². The normalized spacial score (nSPS) is 28.4. The molecule has 3 aliphatic rings. The van der Waals surface area contributed by atoms with Gasteiger partial charge >= 0.3 is 0 Å². The maximum Gasteiger partial charge on any atom is 0.193 e. The van der Waals surface area contributed by atoms with Gasteiger partial charge in [-0.1, -0.05) is 0 Å². The van der Waals surface area contributed by atoms with Gasteiger partial charge in [-0.05, 0) is 52.5 Å². The zero-order valence-corrected chi connectivity index (χ0v) is 19.9. The van der Waals surface area contributed by atoms with E-state index in [9.17, 15) is 0 Å². The molecular formula is C20H40IN5O. The van der Waals surface area contributed by atoms with Crippen molar-refractivity contribution >= 4 is 29.9 Å². The SMILES string of the molecule is CCNC(=NCC1CCCN(C(C)C)C1)N1CCC(N2CCOCC2)C1.I. The van der Waals surface area contributed by atoms with Crippen molar-refractivity contribution in [3.05, 3.63) is 0 Å². The first-order valence-corrected chi connectivity index (χ1v) is 10.8. The fourth-order valence-corrected chi connectivity index (χ4v) is 4.53. The quantitative estimate of drug-likeness (QED) is 0.361. The van der Waals surface area contributed by atoms with Crippen molar-refractivity contribution in [3.63, 3.8) is 0 Å². The molecule has 2 atom stereocenters. The summed E-state index contributed by atoms with van der Waals surface area (Å²) < 4.78 is 5.51. The Bertz CT molecular complexity index is 456. The number of likely N-dealkylation sites (tertiary alicyclic amines) is 2. The van der Waals surface area contributed by atoms with Crippen molar-refractivity contribution in [2.24, 2.45) is 10.9 Å². The fourth-order valence-electron chi connectivity index (χ4n) is 4.53. The third kappa shape index (κ3) is 6.72. The van der Waals surface area contributed by atoms with Crippen LogP contribution in [0.1, 0.15) is 40.0 Å². The predicted molar refractivity (Wildman–Crippen MR) is 123 cm³/mol. The average molecular weight is 493 g/mol. The van der Waals surface area contributed by atoms with E-state index in [0.29, 0.717) is 18.0 Å². The van der Waals surface area contributed by atoms with Gasteiger partial charge in [-0.3, -0.25) is 9.89 Å². The summed E-state index contributed by atoms with van der Waals surface area (Å²) in [6.07, 6.45) is 3.88. The first-order valence-electron chi connectivity index (χ1n) is 10.8. The zero-order chi connectivity index (χ0) is 18.4. The molecule has 0 radical (unpaired) electrons. The molecule has 1 N–H and O–H groups in total. The Morgan fingerprint density at radius 2 is 1.89 bits per heavy atom. The van der Waals surface area contributed by atoms with E-state index in [2.05, 4.69) is 40.8 Å². The van der Waals surface area contributed by atoms with Crippen LogP contribution >= 0.6 is 24.0 Å². The van der Waals surface area contributed by atoms with E-state index in [1.54, 1.807) is 0 Å². The Morgan fingerprint density at radius 3 is 2.59 bits per heavy atom. The molecule has 27 heavy (non-hydrogen) atoms. The Morgan fingerprint density at radius 1 is 1.11 bits per heavy atom. The van der Waals surface area contributed by atoms with E-state index in [4.69, 9.17) is 9.73 Å². The van der Waals surface area contributed by atoms with Gasteiger partial charge in [0.1, 0.15) is 0 Å². The monoisotopic (exact) mass is 493 g/mol. The highest BCUT2D eigenvalue weighted by Gasteiger charge is 2.30. The molecule has 7 heteroatoms. The van der Waals surface area contributed by atoms with E-state index < -0.39 is 0 Å². The second-order valence-electron chi connectivity index (χ2n) is 8.33. The summed E-state index contributed by atoms with van der Waals surface area (Å²) in [4.78, 5) is 12.8. The summed E-state index contributed by atoms with van der Waals surface area (Å²) >= 11 is 0. The van der Waals surface area contributed by atoms with Crippen molar-refractivity contribution < 1.29 is 4.74 Å². The van der Waals surface area contributed by atoms with Crippen LogP contribution in [-0.4, -0.2) is 98.3 Å². The second-order valence-corrected chi connectivity index (χ2v) is 8.33. The van der Waals surface area contributed by atoms with E-state index in [1.807, 2.05) is 0 Å². The molecular weight excluding hydrogens is 453 g/mol. The fraction of sp³-hybridized carbons (Fsp3) is 0.950. The third-order valence-electron chi connectivity index (χ3n) is 6.14. The van der Waals surface area contributed by atoms with Crippen molar-refractivity contribution in [2.75, 3.05) is 65.6 Å². The summed E-state index contributed by atoms with van der Waals surface area (Å²) in [6.45, 7) is 17.3. The van der Waals surface area contributed by atoms with E-state index >= 15 is 0 Å². The molecule has 3 rings (SSSR count). The number of guanidine groups is 1. The molecule has 3 fully saturated rings. The minimum atomic E-state index is 0. The Hall–Kier alpha value is -0.120. The lowest BCUT2D eigenvalue weighted by Gasteiger charge is -2.35. The summed E-state index contributed by atoms with van der Waals surface area (Å²) in [5.41, 5.74) is 0. The molecule has 0 bridgehead atoms. The summed E-state index contributed by atoms with van der Waals surface area (Å²) in [7, 11) is 0. The van der Waals surface area contributed by atoms with Crippen LogP contribution in [0.4, 0.5) is 0 Å². The lowest BCUT2D eigenvalue weighted by molar-refractivity contribution is 0.0195. The van der Waals surface area contributed by atoms with Crippen molar-refractivity contribution in [2.45, 2.75) is 52.1 Å². The number of nitrogens with zero attached hydrogens (tertiary/aromatic N) is 4. The first-order chi connectivity index (χ1) is 12.7. The third-order valence-corrected chi connectivity index (χ3v) is 6.14. The minimum Gasteiger partial charge on any atom is -0.379 e. The number of hydrogen-bond acceptors (Lipinski definition) is 4. The molecule has 0 saturated carbocycles. The van der Waals surface area contributed by atoms with Gasteiger partial charge in [0.15, 0.2) is 5.96 Å². The highest BCUT2D eigenvalue weighted by molar-refractivity contribution is 14.0. The molecule has 2 unspecified atom stereocenters. The van der Waals surface area contributed by atoms with Gasteiger partial charge in [-0.25, -0.2) is 0 Å². The lowest BCUT2D eigenvalue weighted by atomic mass is 9.97. The number of rotatable bonds is 5. The number of morpholine rings is 1. The van der Waals surface area contributed by atoms with Crippen LogP contribution in [0.5, 0.6) is 0 Å². The minimum absolute atomic E-state index is 0. The summed E-state index contributed by atoms with van der Waals surface area (Å²) in [6, 6.07) is 1.32. The van der Waals surface area contributed by atoms with Crippen LogP contribution in [0.2, 0.25) is 0 Å². The molecule has 0 aliphatic carbocycles. The summed E-state index contributed by atoms with van der Waals surface area (Å²) in [5, 5.41) is 3.54. The van der Waals surface area contributed by atoms with Crippen LogP contribution < -0.4 is 5.32 Å². The maximum atomic E-state index is 5.51. The van der Waals surface area contributed by atoms with Crippen LogP contribution in [0.25, 0.3) is 0 Å². The van der Waals surface area contributed by atoms with Crippen molar-refractivity contribution in [1.82, 2.24) is 20.0 Å². The predicted octanol–water partition coefficient (Wildman–Crippen LogP) is 2.10. The smallest absolute Gasteiger partial charge is 0.193 e. The van der Waals surface area contributed by atoms with Gasteiger partial charge in [-0.15, -0.1) is 24.0 Å². The summed E-state index contributed by atoms with van der Waals surface area (Å²) in [5.74, 6) is 1.84. The van der Waals surface area contributed by atoms with Gasteiger partial charge in [0.05, 0.1) is 13.2 Å². The highest BCUT2D eigenvalue weighted by atomic mass is 127. The number of aliphatic imine (C=N–C) groups is 1. The van der Waals surface area contributed by atoms with Crippen LogP contribution in [0.3, 0.4) is 0 Å². The van der Waals surface area contributed by atoms with Gasteiger partial charge in [-0.2, -0.15) is 0 Å². The Kier molecular flexibility index (Phi) is 10.1. The Balaban J connectivity index is 0.00000261. The molecule has 3 saturated heterocycles. The molecule has 0 spiro atoms. The largest absolute Gasteiger partial charge is 0.379 e. The van der Waals surface area contributed by atoms with E-state index in [1.165, 1.54) is 32.4 Å². The molecule has 158 valence electrons. The van der Waals surface area contributed by atoms with Crippen LogP contribution in [0, 0.1) is 5.92 Å². The molecule has 0 aromatic carbocycles. The highest BCUT2D eigenvalue weighted by Crippen LogP contribution is 2.20. The van der Waals surface area contributed by atoms with Crippen molar-refractivity contribution in [1.29, 1.82) is 0 Å². The number of ether oxygens (including phenoxy) is 1. The number of halogens is 1.